The van der Waals surface area contributed by atoms with Crippen LogP contribution in [-0.4, -0.2) is 18.0 Å². The second-order valence-electron chi connectivity index (χ2n) is 4.83. The van der Waals surface area contributed by atoms with Crippen LogP contribution in [0.1, 0.15) is 29.2 Å². The van der Waals surface area contributed by atoms with Gasteiger partial charge in [-0.3, -0.25) is 4.99 Å². The highest BCUT2D eigenvalue weighted by atomic mass is 127. The SMILES string of the molecule is CN=C(NCc1nc(C(F)(F)F)cs1)NC(C)c1ccccc1.I. The lowest BCUT2D eigenvalue weighted by Gasteiger charge is -2.17. The van der Waals surface area contributed by atoms with E-state index in [4.69, 9.17) is 0 Å². The fraction of sp³-hybridized carbons (Fsp3) is 0.333. The first kappa shape index (κ1) is 20.7. The van der Waals surface area contributed by atoms with E-state index in [0.717, 1.165) is 22.3 Å². The summed E-state index contributed by atoms with van der Waals surface area (Å²) in [5.74, 6) is 0.505. The van der Waals surface area contributed by atoms with Crippen molar-refractivity contribution in [2.45, 2.75) is 25.7 Å². The van der Waals surface area contributed by atoms with Gasteiger partial charge >= 0.3 is 6.18 Å². The van der Waals surface area contributed by atoms with E-state index in [1.54, 1.807) is 7.05 Å². The van der Waals surface area contributed by atoms with Crippen LogP contribution < -0.4 is 10.6 Å². The van der Waals surface area contributed by atoms with Crippen molar-refractivity contribution in [2.24, 2.45) is 4.99 Å². The standard InChI is InChI=1S/C15H17F3N4S.HI/c1-10(11-6-4-3-5-7-11)21-14(19-2)20-8-13-22-12(9-23-13)15(16,17)18;/h3-7,9-10H,8H2,1-2H3,(H2,19,20,21);1H. The molecule has 1 unspecified atom stereocenters. The monoisotopic (exact) mass is 470 g/mol. The number of hydrogen-bond acceptors (Lipinski definition) is 3. The summed E-state index contributed by atoms with van der Waals surface area (Å²) in [6.45, 7) is 2.16. The predicted molar refractivity (Wildman–Crippen MR) is 101 cm³/mol. The van der Waals surface area contributed by atoms with E-state index >= 15 is 0 Å². The number of nitrogens with zero attached hydrogens (tertiary/aromatic N) is 2. The van der Waals surface area contributed by atoms with Gasteiger partial charge in [-0.25, -0.2) is 4.98 Å². The van der Waals surface area contributed by atoms with Crippen molar-refractivity contribution in [3.05, 3.63) is 52.0 Å². The van der Waals surface area contributed by atoms with Gasteiger partial charge in [0, 0.05) is 12.4 Å². The molecule has 0 aliphatic rings. The molecule has 0 spiro atoms. The molecular weight excluding hydrogens is 452 g/mol. The normalized spacial score (nSPS) is 13.1. The molecule has 0 amide bonds. The summed E-state index contributed by atoms with van der Waals surface area (Å²) in [4.78, 5) is 7.65. The summed E-state index contributed by atoms with van der Waals surface area (Å²) < 4.78 is 37.5. The Bertz CT molecular complexity index is 658. The molecule has 4 nitrogen and oxygen atoms in total. The van der Waals surface area contributed by atoms with Crippen LogP contribution in [0.3, 0.4) is 0 Å². The average molecular weight is 470 g/mol. The van der Waals surface area contributed by atoms with Gasteiger partial charge < -0.3 is 10.6 Å². The number of alkyl halides is 3. The van der Waals surface area contributed by atoms with Gasteiger partial charge in [-0.2, -0.15) is 13.2 Å². The Morgan fingerprint density at radius 2 is 1.96 bits per heavy atom. The fourth-order valence-corrected chi connectivity index (χ4v) is 2.65. The van der Waals surface area contributed by atoms with Gasteiger partial charge in [-0.05, 0) is 12.5 Å². The summed E-state index contributed by atoms with van der Waals surface area (Å²) in [6.07, 6.45) is -4.41. The van der Waals surface area contributed by atoms with Crippen molar-refractivity contribution < 1.29 is 13.2 Å². The molecule has 132 valence electrons. The highest BCUT2D eigenvalue weighted by Gasteiger charge is 2.33. The molecule has 2 aromatic rings. The number of nitrogens with one attached hydrogen (secondary N) is 2. The van der Waals surface area contributed by atoms with E-state index < -0.39 is 11.9 Å². The van der Waals surface area contributed by atoms with E-state index in [1.807, 2.05) is 37.3 Å². The molecule has 1 heterocycles. The van der Waals surface area contributed by atoms with E-state index in [0.29, 0.717) is 11.0 Å². The molecule has 9 heteroatoms. The maximum Gasteiger partial charge on any atom is 0.434 e. The van der Waals surface area contributed by atoms with Crippen LogP contribution >= 0.6 is 35.3 Å². The van der Waals surface area contributed by atoms with Crippen molar-refractivity contribution in [3.8, 4) is 0 Å². The Labute approximate surface area is 159 Å². The molecule has 1 atom stereocenters. The molecule has 1 aromatic heterocycles. The minimum Gasteiger partial charge on any atom is -0.350 e. The Kier molecular flexibility index (Phi) is 7.94. The first-order valence-electron chi connectivity index (χ1n) is 6.94. The molecule has 24 heavy (non-hydrogen) atoms. The van der Waals surface area contributed by atoms with Crippen LogP contribution in [0.5, 0.6) is 0 Å². The molecule has 0 aliphatic heterocycles. The van der Waals surface area contributed by atoms with Crippen molar-refractivity contribution in [1.29, 1.82) is 0 Å². The van der Waals surface area contributed by atoms with Gasteiger partial charge in [0.15, 0.2) is 11.7 Å². The van der Waals surface area contributed by atoms with Crippen LogP contribution in [0.2, 0.25) is 0 Å². The quantitative estimate of drug-likeness (QED) is 0.400. The van der Waals surface area contributed by atoms with Crippen LogP contribution in [0, 0.1) is 0 Å². The number of aliphatic imine (C=N–C) groups is 1. The molecule has 2 N–H and O–H groups in total. The van der Waals surface area contributed by atoms with Gasteiger partial charge in [0.05, 0.1) is 12.6 Å². The third-order valence-electron chi connectivity index (χ3n) is 3.13. The maximum atomic E-state index is 12.5. The third-order valence-corrected chi connectivity index (χ3v) is 3.97. The van der Waals surface area contributed by atoms with Crippen molar-refractivity contribution >= 4 is 41.3 Å². The van der Waals surface area contributed by atoms with Crippen molar-refractivity contribution in [3.63, 3.8) is 0 Å². The Hall–Kier alpha value is -1.36. The lowest BCUT2D eigenvalue weighted by atomic mass is 10.1. The van der Waals surface area contributed by atoms with Gasteiger partial charge in [-0.1, -0.05) is 30.3 Å². The number of aromatic nitrogens is 1. The van der Waals surface area contributed by atoms with Gasteiger partial charge in [0.1, 0.15) is 5.01 Å². The number of hydrogen-bond donors (Lipinski definition) is 2. The number of benzene rings is 1. The lowest BCUT2D eigenvalue weighted by molar-refractivity contribution is -0.140. The summed E-state index contributed by atoms with van der Waals surface area (Å²) in [5, 5.41) is 7.52. The number of thiazole rings is 1. The molecule has 2 rings (SSSR count). The maximum absolute atomic E-state index is 12.5. The summed E-state index contributed by atoms with van der Waals surface area (Å²) in [6, 6.07) is 9.81. The molecule has 0 saturated carbocycles. The first-order chi connectivity index (χ1) is 10.9. The second kappa shape index (κ2) is 9.21. The summed E-state index contributed by atoms with van der Waals surface area (Å²) in [7, 11) is 1.61. The zero-order valence-corrected chi connectivity index (χ0v) is 16.2. The Morgan fingerprint density at radius 1 is 1.29 bits per heavy atom. The highest BCUT2D eigenvalue weighted by molar-refractivity contribution is 14.0. The molecule has 0 fully saturated rings. The lowest BCUT2D eigenvalue weighted by Crippen LogP contribution is -2.38. The topological polar surface area (TPSA) is 49.3 Å². The van der Waals surface area contributed by atoms with Gasteiger partial charge in [0.25, 0.3) is 0 Å². The van der Waals surface area contributed by atoms with Gasteiger partial charge in [-0.15, -0.1) is 35.3 Å². The zero-order valence-electron chi connectivity index (χ0n) is 13.1. The first-order valence-corrected chi connectivity index (χ1v) is 7.82. The smallest absolute Gasteiger partial charge is 0.350 e. The van der Waals surface area contributed by atoms with Crippen molar-refractivity contribution in [2.75, 3.05) is 7.05 Å². The largest absolute Gasteiger partial charge is 0.434 e. The van der Waals surface area contributed by atoms with Crippen LogP contribution in [0.4, 0.5) is 13.2 Å². The molecule has 0 bridgehead atoms. The van der Waals surface area contributed by atoms with Gasteiger partial charge in [0.2, 0.25) is 0 Å². The Morgan fingerprint density at radius 3 is 2.50 bits per heavy atom. The van der Waals surface area contributed by atoms with E-state index in [-0.39, 0.29) is 36.6 Å². The number of guanidine groups is 1. The number of rotatable bonds is 4. The average Bonchev–Trinajstić information content (AvgIpc) is 3.01. The highest BCUT2D eigenvalue weighted by Crippen LogP contribution is 2.29. The molecule has 0 aliphatic carbocycles. The van der Waals surface area contributed by atoms with Crippen LogP contribution in [0.25, 0.3) is 0 Å². The Balaban J connectivity index is 0.00000288. The minimum absolute atomic E-state index is 0. The predicted octanol–water partition coefficient (Wildman–Crippen LogP) is 4.21. The van der Waals surface area contributed by atoms with Crippen LogP contribution in [0.15, 0.2) is 40.7 Å². The third kappa shape index (κ3) is 5.93. The van der Waals surface area contributed by atoms with Crippen molar-refractivity contribution in [1.82, 2.24) is 15.6 Å². The minimum atomic E-state index is -4.41. The molecule has 0 saturated heterocycles. The fourth-order valence-electron chi connectivity index (χ4n) is 1.91. The molecule has 0 radical (unpaired) electrons. The second-order valence-corrected chi connectivity index (χ2v) is 5.77. The molecular formula is C15H18F3IN4S. The van der Waals surface area contributed by atoms with E-state index in [1.165, 1.54) is 0 Å². The summed E-state index contributed by atoms with van der Waals surface area (Å²) in [5.41, 5.74) is 0.226. The van der Waals surface area contributed by atoms with E-state index in [2.05, 4.69) is 20.6 Å². The molecule has 1 aromatic carbocycles. The van der Waals surface area contributed by atoms with Crippen LogP contribution in [-0.2, 0) is 12.7 Å². The zero-order chi connectivity index (χ0) is 16.9. The number of halogens is 4. The van der Waals surface area contributed by atoms with E-state index in [9.17, 15) is 13.2 Å². The summed E-state index contributed by atoms with van der Waals surface area (Å²) >= 11 is 0.968.